The lowest BCUT2D eigenvalue weighted by atomic mass is 10.1. The Morgan fingerprint density at radius 3 is 3.05 bits per heavy atom. The van der Waals surface area contributed by atoms with Crippen LogP contribution in [0.3, 0.4) is 0 Å². The molecule has 1 aromatic carbocycles. The van der Waals surface area contributed by atoms with Crippen LogP contribution in [-0.2, 0) is 6.54 Å². The Balaban J connectivity index is 1.82. The number of hydrogen-bond acceptors (Lipinski definition) is 3. The summed E-state index contributed by atoms with van der Waals surface area (Å²) in [5.41, 5.74) is 1.25. The van der Waals surface area contributed by atoms with Gasteiger partial charge in [-0.1, -0.05) is 22.0 Å². The molecule has 20 heavy (non-hydrogen) atoms. The van der Waals surface area contributed by atoms with Crippen LogP contribution in [0.5, 0.6) is 5.75 Å². The number of halogens is 1. The largest absolute Gasteiger partial charge is 0.496 e. The fourth-order valence-electron chi connectivity index (χ4n) is 2.91. The van der Waals surface area contributed by atoms with Gasteiger partial charge in [0.2, 0.25) is 0 Å². The zero-order valence-corrected chi connectivity index (χ0v) is 13.9. The molecule has 106 valence electrons. The highest BCUT2D eigenvalue weighted by Gasteiger charge is 2.27. The minimum Gasteiger partial charge on any atom is -0.496 e. The van der Waals surface area contributed by atoms with Crippen LogP contribution in [0.15, 0.2) is 40.2 Å². The molecule has 0 aliphatic carbocycles. The molecule has 4 heteroatoms. The van der Waals surface area contributed by atoms with Gasteiger partial charge >= 0.3 is 0 Å². The van der Waals surface area contributed by atoms with E-state index in [0.29, 0.717) is 6.04 Å². The first-order valence-corrected chi connectivity index (χ1v) is 8.55. The summed E-state index contributed by atoms with van der Waals surface area (Å²) in [5, 5.41) is 2.17. The van der Waals surface area contributed by atoms with E-state index >= 15 is 0 Å². The number of rotatable bonds is 4. The molecule has 1 unspecified atom stereocenters. The van der Waals surface area contributed by atoms with E-state index in [1.807, 2.05) is 23.5 Å². The van der Waals surface area contributed by atoms with Crippen molar-refractivity contribution in [1.82, 2.24) is 4.90 Å². The van der Waals surface area contributed by atoms with E-state index in [2.05, 4.69) is 44.4 Å². The van der Waals surface area contributed by atoms with Crippen molar-refractivity contribution in [3.63, 3.8) is 0 Å². The molecule has 0 saturated carbocycles. The summed E-state index contributed by atoms with van der Waals surface area (Å²) in [7, 11) is 1.74. The molecule has 2 aromatic rings. The summed E-state index contributed by atoms with van der Waals surface area (Å²) < 4.78 is 6.60. The number of likely N-dealkylation sites (tertiary alicyclic amines) is 1. The molecule has 0 N–H and O–H groups in total. The molecule has 1 aliphatic rings. The van der Waals surface area contributed by atoms with E-state index in [4.69, 9.17) is 4.74 Å². The standard InChI is InChI=1S/C16H18BrNOS/c1-19-15-7-6-13(17)10-12(15)11-18-8-2-4-14(18)16-5-3-9-20-16/h3,5-7,9-10,14H,2,4,8,11H2,1H3. The summed E-state index contributed by atoms with van der Waals surface area (Å²) in [6.07, 6.45) is 2.54. The zero-order chi connectivity index (χ0) is 13.9. The van der Waals surface area contributed by atoms with Crippen LogP contribution >= 0.6 is 27.3 Å². The predicted octanol–water partition coefficient (Wildman–Crippen LogP) is 4.86. The molecule has 3 rings (SSSR count). The minimum atomic E-state index is 0.568. The quantitative estimate of drug-likeness (QED) is 0.779. The lowest BCUT2D eigenvalue weighted by molar-refractivity contribution is 0.247. The first kappa shape index (κ1) is 14.1. The van der Waals surface area contributed by atoms with Gasteiger partial charge in [-0.05, 0) is 49.0 Å². The highest BCUT2D eigenvalue weighted by molar-refractivity contribution is 9.10. The van der Waals surface area contributed by atoms with Crippen LogP contribution in [0.4, 0.5) is 0 Å². The second-order valence-corrected chi connectivity index (χ2v) is 7.00. The number of nitrogens with zero attached hydrogens (tertiary/aromatic N) is 1. The molecule has 1 aliphatic heterocycles. The molecule has 2 heterocycles. The Hall–Kier alpha value is -0.840. The smallest absolute Gasteiger partial charge is 0.123 e. The fraction of sp³-hybridized carbons (Fsp3) is 0.375. The lowest BCUT2D eigenvalue weighted by Gasteiger charge is -2.24. The van der Waals surface area contributed by atoms with Crippen LogP contribution in [-0.4, -0.2) is 18.6 Å². The molecule has 0 spiro atoms. The number of ether oxygens (including phenoxy) is 1. The Bertz CT molecular complexity index is 570. The van der Waals surface area contributed by atoms with Gasteiger partial charge in [-0.15, -0.1) is 11.3 Å². The summed E-state index contributed by atoms with van der Waals surface area (Å²) >= 11 is 5.42. The van der Waals surface area contributed by atoms with Gasteiger partial charge in [0.05, 0.1) is 7.11 Å². The molecule has 0 amide bonds. The maximum Gasteiger partial charge on any atom is 0.123 e. The van der Waals surface area contributed by atoms with Crippen LogP contribution < -0.4 is 4.74 Å². The van der Waals surface area contributed by atoms with Crippen LogP contribution in [0.2, 0.25) is 0 Å². The Kier molecular flexibility index (Phi) is 4.44. The number of thiophene rings is 1. The number of benzene rings is 1. The van der Waals surface area contributed by atoms with Crippen molar-refractivity contribution >= 4 is 27.3 Å². The monoisotopic (exact) mass is 351 g/mol. The van der Waals surface area contributed by atoms with Crippen molar-refractivity contribution in [2.45, 2.75) is 25.4 Å². The first-order valence-electron chi connectivity index (χ1n) is 6.88. The molecule has 2 nitrogen and oxygen atoms in total. The third-order valence-electron chi connectivity index (χ3n) is 3.85. The Morgan fingerprint density at radius 2 is 2.30 bits per heavy atom. The van der Waals surface area contributed by atoms with Crippen molar-refractivity contribution in [2.75, 3.05) is 13.7 Å². The summed E-state index contributed by atoms with van der Waals surface area (Å²) in [5.74, 6) is 0.977. The molecular weight excluding hydrogens is 334 g/mol. The van der Waals surface area contributed by atoms with Crippen LogP contribution in [0, 0.1) is 0 Å². The summed E-state index contributed by atoms with van der Waals surface area (Å²) in [6, 6.07) is 11.2. The van der Waals surface area contributed by atoms with E-state index in [9.17, 15) is 0 Å². The number of methoxy groups -OCH3 is 1. The highest BCUT2D eigenvalue weighted by Crippen LogP contribution is 2.36. The Labute approximate surface area is 132 Å². The van der Waals surface area contributed by atoms with Gasteiger partial charge in [-0.25, -0.2) is 0 Å². The molecule has 0 radical (unpaired) electrons. The van der Waals surface area contributed by atoms with E-state index < -0.39 is 0 Å². The van der Waals surface area contributed by atoms with E-state index in [1.54, 1.807) is 7.11 Å². The van der Waals surface area contributed by atoms with Gasteiger partial charge in [-0.3, -0.25) is 4.90 Å². The average Bonchev–Trinajstić information content (AvgIpc) is 3.09. The fourth-order valence-corrected chi connectivity index (χ4v) is 4.21. The Morgan fingerprint density at radius 1 is 1.40 bits per heavy atom. The zero-order valence-electron chi connectivity index (χ0n) is 11.5. The van der Waals surface area contributed by atoms with E-state index in [1.165, 1.54) is 23.3 Å². The highest BCUT2D eigenvalue weighted by atomic mass is 79.9. The maximum absolute atomic E-state index is 5.49. The molecule has 1 fully saturated rings. The first-order chi connectivity index (χ1) is 9.78. The van der Waals surface area contributed by atoms with Crippen LogP contribution in [0.25, 0.3) is 0 Å². The summed E-state index contributed by atoms with van der Waals surface area (Å²) in [4.78, 5) is 4.05. The van der Waals surface area contributed by atoms with Crippen molar-refractivity contribution in [3.8, 4) is 5.75 Å². The summed E-state index contributed by atoms with van der Waals surface area (Å²) in [6.45, 7) is 2.11. The molecule has 1 atom stereocenters. The molecule has 0 bridgehead atoms. The second-order valence-electron chi connectivity index (χ2n) is 5.10. The average molecular weight is 352 g/mol. The second kappa shape index (κ2) is 6.29. The number of hydrogen-bond donors (Lipinski definition) is 0. The third-order valence-corrected chi connectivity index (χ3v) is 5.32. The van der Waals surface area contributed by atoms with E-state index in [-0.39, 0.29) is 0 Å². The van der Waals surface area contributed by atoms with Gasteiger partial charge in [0, 0.05) is 27.5 Å². The predicted molar refractivity (Wildman–Crippen MR) is 87.4 cm³/mol. The van der Waals surface area contributed by atoms with Gasteiger partial charge in [0.1, 0.15) is 5.75 Å². The topological polar surface area (TPSA) is 12.5 Å². The molecular formula is C16H18BrNOS. The third kappa shape index (κ3) is 2.92. The molecule has 1 aromatic heterocycles. The van der Waals surface area contributed by atoms with Crippen molar-refractivity contribution in [1.29, 1.82) is 0 Å². The van der Waals surface area contributed by atoms with E-state index in [0.717, 1.165) is 23.3 Å². The van der Waals surface area contributed by atoms with Crippen molar-refractivity contribution in [3.05, 3.63) is 50.6 Å². The minimum absolute atomic E-state index is 0.568. The molecule has 1 saturated heterocycles. The lowest BCUT2D eigenvalue weighted by Crippen LogP contribution is -2.22. The normalized spacial score (nSPS) is 19.4. The maximum atomic E-state index is 5.49. The van der Waals surface area contributed by atoms with Gasteiger partial charge in [-0.2, -0.15) is 0 Å². The van der Waals surface area contributed by atoms with Crippen molar-refractivity contribution < 1.29 is 4.74 Å². The SMILES string of the molecule is COc1ccc(Br)cc1CN1CCCC1c1cccs1. The van der Waals surface area contributed by atoms with Gasteiger partial charge in [0.25, 0.3) is 0 Å². The van der Waals surface area contributed by atoms with Gasteiger partial charge in [0.15, 0.2) is 0 Å². The van der Waals surface area contributed by atoms with Crippen LogP contribution in [0.1, 0.15) is 29.3 Å². The van der Waals surface area contributed by atoms with Gasteiger partial charge < -0.3 is 4.74 Å². The van der Waals surface area contributed by atoms with Crippen molar-refractivity contribution in [2.24, 2.45) is 0 Å².